The standard InChI is InChI=1S/C16H26N2O3/c1-11(2)8-14(16(20)21)18-10-15(19)13(17)9-12-6-4-3-5-7-12/h3-7,11,13-15,18-19H,8-10,17H2,1-2H3,(H,20,21)/t13?,14-,15?/m0/s1. The molecule has 118 valence electrons. The summed E-state index contributed by atoms with van der Waals surface area (Å²) in [6.07, 6.45) is 0.306. The highest BCUT2D eigenvalue weighted by molar-refractivity contribution is 5.73. The van der Waals surface area contributed by atoms with Crippen LogP contribution in [0.4, 0.5) is 0 Å². The maximum absolute atomic E-state index is 11.1. The van der Waals surface area contributed by atoms with Gasteiger partial charge in [0.1, 0.15) is 6.04 Å². The maximum Gasteiger partial charge on any atom is 0.320 e. The molecule has 1 aromatic carbocycles. The van der Waals surface area contributed by atoms with Crippen LogP contribution in [0.25, 0.3) is 0 Å². The quantitative estimate of drug-likeness (QED) is 0.545. The molecule has 0 radical (unpaired) electrons. The largest absolute Gasteiger partial charge is 0.480 e. The molecule has 5 N–H and O–H groups in total. The molecule has 0 saturated heterocycles. The summed E-state index contributed by atoms with van der Waals surface area (Å²) in [4.78, 5) is 11.1. The number of hydrogen-bond donors (Lipinski definition) is 4. The van der Waals surface area contributed by atoms with Gasteiger partial charge in [0.2, 0.25) is 0 Å². The third-order valence-electron chi connectivity index (χ3n) is 3.39. The van der Waals surface area contributed by atoms with E-state index in [1.54, 1.807) is 0 Å². The lowest BCUT2D eigenvalue weighted by Gasteiger charge is -2.22. The van der Waals surface area contributed by atoms with Crippen molar-refractivity contribution in [3.63, 3.8) is 0 Å². The summed E-state index contributed by atoms with van der Waals surface area (Å²) in [6.45, 7) is 4.11. The normalized spacial score (nSPS) is 15.7. The lowest BCUT2D eigenvalue weighted by Crippen LogP contribution is -2.48. The predicted molar refractivity (Wildman–Crippen MR) is 83.0 cm³/mol. The maximum atomic E-state index is 11.1. The van der Waals surface area contributed by atoms with Crippen molar-refractivity contribution in [2.45, 2.75) is 44.9 Å². The van der Waals surface area contributed by atoms with E-state index in [-0.39, 0.29) is 12.5 Å². The first-order chi connectivity index (χ1) is 9.90. The number of aliphatic hydroxyl groups is 1. The van der Waals surface area contributed by atoms with Crippen molar-refractivity contribution in [3.05, 3.63) is 35.9 Å². The molecular formula is C16H26N2O3. The van der Waals surface area contributed by atoms with Crippen molar-refractivity contribution in [2.75, 3.05) is 6.54 Å². The van der Waals surface area contributed by atoms with Crippen molar-refractivity contribution >= 4 is 5.97 Å². The number of carbonyl (C=O) groups is 1. The van der Waals surface area contributed by atoms with Gasteiger partial charge in [-0.1, -0.05) is 44.2 Å². The Morgan fingerprint density at radius 3 is 2.43 bits per heavy atom. The molecule has 0 amide bonds. The molecule has 21 heavy (non-hydrogen) atoms. The lowest BCUT2D eigenvalue weighted by atomic mass is 10.0. The van der Waals surface area contributed by atoms with Gasteiger partial charge in [-0.2, -0.15) is 0 Å². The fraction of sp³-hybridized carbons (Fsp3) is 0.562. The Hall–Kier alpha value is -1.43. The fourth-order valence-electron chi connectivity index (χ4n) is 2.18. The summed E-state index contributed by atoms with van der Waals surface area (Å²) in [5, 5.41) is 22.1. The van der Waals surface area contributed by atoms with Gasteiger partial charge in [0.25, 0.3) is 0 Å². The second-order valence-corrected chi connectivity index (χ2v) is 5.85. The van der Waals surface area contributed by atoms with Crippen LogP contribution in [-0.4, -0.2) is 40.9 Å². The molecule has 5 nitrogen and oxygen atoms in total. The van der Waals surface area contributed by atoms with E-state index in [2.05, 4.69) is 5.32 Å². The number of carboxylic acid groups (broad SMARTS) is 1. The molecule has 1 aromatic rings. The van der Waals surface area contributed by atoms with Crippen LogP contribution in [0.1, 0.15) is 25.8 Å². The fourth-order valence-corrected chi connectivity index (χ4v) is 2.18. The van der Waals surface area contributed by atoms with Gasteiger partial charge in [0.05, 0.1) is 6.10 Å². The van der Waals surface area contributed by atoms with Crippen molar-refractivity contribution < 1.29 is 15.0 Å². The van der Waals surface area contributed by atoms with Crippen LogP contribution in [-0.2, 0) is 11.2 Å². The van der Waals surface area contributed by atoms with E-state index in [0.717, 1.165) is 5.56 Å². The third-order valence-corrected chi connectivity index (χ3v) is 3.39. The number of aliphatic hydroxyl groups excluding tert-OH is 1. The molecule has 5 heteroatoms. The monoisotopic (exact) mass is 294 g/mol. The number of nitrogens with one attached hydrogen (secondary N) is 1. The first kappa shape index (κ1) is 17.6. The molecule has 0 aromatic heterocycles. The van der Waals surface area contributed by atoms with Crippen molar-refractivity contribution in [2.24, 2.45) is 11.7 Å². The van der Waals surface area contributed by atoms with Crippen molar-refractivity contribution in [1.82, 2.24) is 5.32 Å². The minimum absolute atomic E-state index is 0.178. The van der Waals surface area contributed by atoms with Crippen molar-refractivity contribution in [1.29, 1.82) is 0 Å². The average Bonchev–Trinajstić information content (AvgIpc) is 2.43. The number of rotatable bonds is 9. The average molecular weight is 294 g/mol. The Bertz CT molecular complexity index is 423. The highest BCUT2D eigenvalue weighted by Gasteiger charge is 2.21. The number of aliphatic carboxylic acids is 1. The number of nitrogens with two attached hydrogens (primary N) is 1. The summed E-state index contributed by atoms with van der Waals surface area (Å²) in [5.74, 6) is -0.624. The highest BCUT2D eigenvalue weighted by Crippen LogP contribution is 2.07. The van der Waals surface area contributed by atoms with Crippen LogP contribution >= 0.6 is 0 Å². The summed E-state index contributed by atoms with van der Waals surface area (Å²) in [6, 6.07) is 8.62. The zero-order valence-corrected chi connectivity index (χ0v) is 12.7. The van der Waals surface area contributed by atoms with Gasteiger partial charge in [-0.05, 0) is 24.3 Å². The van der Waals surface area contributed by atoms with Gasteiger partial charge in [-0.15, -0.1) is 0 Å². The van der Waals surface area contributed by atoms with E-state index in [1.165, 1.54) is 0 Å². The first-order valence-corrected chi connectivity index (χ1v) is 7.34. The van der Waals surface area contributed by atoms with E-state index >= 15 is 0 Å². The topological polar surface area (TPSA) is 95.6 Å². The molecule has 0 saturated carbocycles. The molecule has 1 rings (SSSR count). The molecule has 0 spiro atoms. The van der Waals surface area contributed by atoms with E-state index in [9.17, 15) is 9.90 Å². The Morgan fingerprint density at radius 1 is 1.29 bits per heavy atom. The molecule has 0 heterocycles. The Kier molecular flexibility index (Phi) is 7.36. The van der Waals surface area contributed by atoms with E-state index in [0.29, 0.717) is 12.8 Å². The summed E-state index contributed by atoms with van der Waals surface area (Å²) >= 11 is 0. The van der Waals surface area contributed by atoms with Crippen molar-refractivity contribution in [3.8, 4) is 0 Å². The number of carboxylic acids is 1. The summed E-state index contributed by atoms with van der Waals surface area (Å²) < 4.78 is 0. The SMILES string of the molecule is CC(C)C[C@H](NCC(O)C(N)Cc1ccccc1)C(=O)O. The third kappa shape index (κ3) is 6.71. The van der Waals surface area contributed by atoms with Crippen LogP contribution in [0.15, 0.2) is 30.3 Å². The second-order valence-electron chi connectivity index (χ2n) is 5.85. The van der Waals surface area contributed by atoms with Crippen LogP contribution in [0.5, 0.6) is 0 Å². The molecular weight excluding hydrogens is 268 g/mol. The zero-order valence-electron chi connectivity index (χ0n) is 12.7. The Morgan fingerprint density at radius 2 is 1.90 bits per heavy atom. The smallest absolute Gasteiger partial charge is 0.320 e. The van der Waals surface area contributed by atoms with Gasteiger partial charge in [0, 0.05) is 12.6 Å². The molecule has 3 atom stereocenters. The molecule has 0 aliphatic carbocycles. The van der Waals surface area contributed by atoms with E-state index in [4.69, 9.17) is 10.8 Å². The van der Waals surface area contributed by atoms with Crippen LogP contribution in [0, 0.1) is 5.92 Å². The number of benzene rings is 1. The zero-order chi connectivity index (χ0) is 15.8. The molecule has 0 aliphatic rings. The molecule has 0 bridgehead atoms. The van der Waals surface area contributed by atoms with E-state index in [1.807, 2.05) is 44.2 Å². The summed E-state index contributed by atoms with van der Waals surface area (Å²) in [5.41, 5.74) is 7.03. The van der Waals surface area contributed by atoms with Gasteiger partial charge in [-0.3, -0.25) is 4.79 Å². The van der Waals surface area contributed by atoms with Crippen LogP contribution < -0.4 is 11.1 Å². The molecule has 0 fully saturated rings. The van der Waals surface area contributed by atoms with Gasteiger partial charge in [0.15, 0.2) is 0 Å². The number of hydrogen-bond acceptors (Lipinski definition) is 4. The van der Waals surface area contributed by atoms with E-state index < -0.39 is 24.2 Å². The van der Waals surface area contributed by atoms with Gasteiger partial charge < -0.3 is 21.3 Å². The minimum Gasteiger partial charge on any atom is -0.480 e. The highest BCUT2D eigenvalue weighted by atomic mass is 16.4. The second kappa shape index (κ2) is 8.77. The lowest BCUT2D eigenvalue weighted by molar-refractivity contribution is -0.140. The molecule has 0 aliphatic heterocycles. The van der Waals surface area contributed by atoms with Crippen LogP contribution in [0.2, 0.25) is 0 Å². The minimum atomic E-state index is -0.896. The Balaban J connectivity index is 2.44. The molecule has 2 unspecified atom stereocenters. The summed E-state index contributed by atoms with van der Waals surface area (Å²) in [7, 11) is 0. The predicted octanol–water partition coefficient (Wildman–Crippen LogP) is 1.01. The first-order valence-electron chi connectivity index (χ1n) is 7.34. The Labute approximate surface area is 126 Å². The van der Waals surface area contributed by atoms with Gasteiger partial charge >= 0.3 is 5.97 Å². The van der Waals surface area contributed by atoms with Crippen LogP contribution in [0.3, 0.4) is 0 Å². The van der Waals surface area contributed by atoms with Gasteiger partial charge in [-0.25, -0.2) is 0 Å².